The summed E-state index contributed by atoms with van der Waals surface area (Å²) in [4.78, 5) is 2.32. The zero-order valence-corrected chi connectivity index (χ0v) is 11.2. The first-order chi connectivity index (χ1) is 9.10. The number of likely N-dealkylation sites (tertiary alicyclic amines) is 1. The molecular formula is C14H21N3O2. The number of rotatable bonds is 3. The number of aliphatic hydroxyl groups excluding tert-OH is 1. The van der Waals surface area contributed by atoms with Crippen molar-refractivity contribution in [3.63, 3.8) is 0 Å². The second-order valence-electron chi connectivity index (χ2n) is 5.25. The highest BCUT2D eigenvalue weighted by Gasteiger charge is 2.23. The number of hydrogen-bond acceptors (Lipinski definition) is 4. The highest BCUT2D eigenvalue weighted by molar-refractivity contribution is 5.97. The van der Waals surface area contributed by atoms with Gasteiger partial charge in [0, 0.05) is 25.2 Å². The Morgan fingerprint density at radius 1 is 1.53 bits per heavy atom. The number of nitrogens with two attached hydrogens (primary N) is 1. The van der Waals surface area contributed by atoms with Crippen molar-refractivity contribution in [1.82, 2.24) is 4.90 Å². The number of oxime groups is 1. The molecule has 2 rings (SSSR count). The van der Waals surface area contributed by atoms with Crippen molar-refractivity contribution in [2.45, 2.75) is 26.0 Å². The molecule has 5 heteroatoms. The molecule has 0 aliphatic carbocycles. The van der Waals surface area contributed by atoms with E-state index in [1.54, 1.807) is 0 Å². The fourth-order valence-electron chi connectivity index (χ4n) is 2.51. The Kier molecular flexibility index (Phi) is 4.39. The van der Waals surface area contributed by atoms with Gasteiger partial charge in [-0.1, -0.05) is 30.3 Å². The summed E-state index contributed by atoms with van der Waals surface area (Å²) in [6.45, 7) is 4.70. The summed E-state index contributed by atoms with van der Waals surface area (Å²) < 4.78 is 0. The molecular weight excluding hydrogens is 242 g/mol. The average Bonchev–Trinajstić information content (AvgIpc) is 2.42. The minimum Gasteiger partial charge on any atom is -0.409 e. The zero-order chi connectivity index (χ0) is 13.8. The van der Waals surface area contributed by atoms with E-state index >= 15 is 0 Å². The molecule has 1 saturated heterocycles. The molecule has 1 aliphatic rings. The summed E-state index contributed by atoms with van der Waals surface area (Å²) in [5.41, 5.74) is 7.45. The first kappa shape index (κ1) is 13.8. The maximum atomic E-state index is 9.72. The minimum absolute atomic E-state index is 0.129. The monoisotopic (exact) mass is 263 g/mol. The van der Waals surface area contributed by atoms with Crippen molar-refractivity contribution in [1.29, 1.82) is 0 Å². The summed E-state index contributed by atoms with van der Waals surface area (Å²) in [5, 5.41) is 21.4. The van der Waals surface area contributed by atoms with Crippen molar-refractivity contribution >= 4 is 5.84 Å². The van der Waals surface area contributed by atoms with Crippen LogP contribution in [0.3, 0.4) is 0 Å². The van der Waals surface area contributed by atoms with E-state index in [0.29, 0.717) is 5.92 Å². The van der Waals surface area contributed by atoms with Gasteiger partial charge < -0.3 is 16.0 Å². The van der Waals surface area contributed by atoms with E-state index in [4.69, 9.17) is 10.9 Å². The first-order valence-corrected chi connectivity index (χ1v) is 6.57. The van der Waals surface area contributed by atoms with Crippen molar-refractivity contribution in [3.05, 3.63) is 35.4 Å². The van der Waals surface area contributed by atoms with E-state index in [1.165, 1.54) is 0 Å². The van der Waals surface area contributed by atoms with Crippen LogP contribution in [0.1, 0.15) is 24.5 Å². The second kappa shape index (κ2) is 6.04. The molecule has 0 amide bonds. The molecule has 1 aliphatic heterocycles. The SMILES string of the molecule is CC1CN(Cc2cccc(/C(N)=N/O)c2)CCC1O. The van der Waals surface area contributed by atoms with Gasteiger partial charge in [-0.3, -0.25) is 4.90 Å². The molecule has 0 radical (unpaired) electrons. The van der Waals surface area contributed by atoms with E-state index in [-0.39, 0.29) is 11.9 Å². The lowest BCUT2D eigenvalue weighted by molar-refractivity contribution is 0.0320. The number of hydrogen-bond donors (Lipinski definition) is 3. The van der Waals surface area contributed by atoms with Gasteiger partial charge in [-0.15, -0.1) is 0 Å². The lowest BCUT2D eigenvalue weighted by Gasteiger charge is -2.34. The average molecular weight is 263 g/mol. The predicted molar refractivity (Wildman–Crippen MR) is 74.0 cm³/mol. The van der Waals surface area contributed by atoms with E-state index in [0.717, 1.165) is 37.2 Å². The molecule has 1 heterocycles. The Bertz CT molecular complexity index is 462. The van der Waals surface area contributed by atoms with Crippen molar-refractivity contribution in [2.24, 2.45) is 16.8 Å². The molecule has 5 nitrogen and oxygen atoms in total. The molecule has 2 unspecified atom stereocenters. The molecule has 0 spiro atoms. The van der Waals surface area contributed by atoms with Crippen LogP contribution in [0.5, 0.6) is 0 Å². The van der Waals surface area contributed by atoms with Gasteiger partial charge in [-0.2, -0.15) is 0 Å². The van der Waals surface area contributed by atoms with Crippen LogP contribution in [0.4, 0.5) is 0 Å². The predicted octanol–water partition coefficient (Wildman–Crippen LogP) is 0.984. The summed E-state index contributed by atoms with van der Waals surface area (Å²) in [6.07, 6.45) is 0.640. The standard InChI is InChI=1S/C14H21N3O2/c1-10-8-17(6-5-13(10)18)9-11-3-2-4-12(7-11)14(15)16-19/h2-4,7,10,13,18-19H,5-6,8-9H2,1H3,(H2,15,16). The quantitative estimate of drug-likeness (QED) is 0.329. The van der Waals surface area contributed by atoms with Crippen LogP contribution in [-0.4, -0.2) is 40.2 Å². The summed E-state index contributed by atoms with van der Waals surface area (Å²) >= 11 is 0. The van der Waals surface area contributed by atoms with Gasteiger partial charge in [-0.25, -0.2) is 0 Å². The fourth-order valence-corrected chi connectivity index (χ4v) is 2.51. The third-order valence-electron chi connectivity index (χ3n) is 3.68. The Morgan fingerprint density at radius 2 is 2.32 bits per heavy atom. The van der Waals surface area contributed by atoms with Gasteiger partial charge in [0.05, 0.1) is 6.10 Å². The molecule has 104 valence electrons. The third kappa shape index (κ3) is 3.45. The van der Waals surface area contributed by atoms with Crippen LogP contribution < -0.4 is 5.73 Å². The smallest absolute Gasteiger partial charge is 0.170 e. The molecule has 0 bridgehead atoms. The number of nitrogens with zero attached hydrogens (tertiary/aromatic N) is 2. The van der Waals surface area contributed by atoms with Crippen LogP contribution in [0.15, 0.2) is 29.4 Å². The zero-order valence-electron chi connectivity index (χ0n) is 11.2. The van der Waals surface area contributed by atoms with Crippen LogP contribution in [0, 0.1) is 5.92 Å². The Morgan fingerprint density at radius 3 is 3.00 bits per heavy atom. The van der Waals surface area contributed by atoms with Crippen LogP contribution in [-0.2, 0) is 6.54 Å². The molecule has 4 N–H and O–H groups in total. The third-order valence-corrected chi connectivity index (χ3v) is 3.68. The van der Waals surface area contributed by atoms with Gasteiger partial charge in [0.2, 0.25) is 0 Å². The summed E-state index contributed by atoms with van der Waals surface area (Å²) in [6, 6.07) is 7.70. The Balaban J connectivity index is 2.03. The molecule has 1 fully saturated rings. The molecule has 0 aromatic heterocycles. The van der Waals surface area contributed by atoms with Crippen LogP contribution in [0.25, 0.3) is 0 Å². The van der Waals surface area contributed by atoms with Crippen molar-refractivity contribution in [2.75, 3.05) is 13.1 Å². The van der Waals surface area contributed by atoms with Gasteiger partial charge in [0.15, 0.2) is 5.84 Å². The highest BCUT2D eigenvalue weighted by atomic mass is 16.4. The van der Waals surface area contributed by atoms with E-state index in [9.17, 15) is 5.11 Å². The first-order valence-electron chi connectivity index (χ1n) is 6.57. The van der Waals surface area contributed by atoms with Gasteiger partial charge in [0.1, 0.15) is 0 Å². The number of aliphatic hydroxyl groups is 1. The summed E-state index contributed by atoms with van der Waals surface area (Å²) in [5.74, 6) is 0.435. The minimum atomic E-state index is -0.181. The van der Waals surface area contributed by atoms with Crippen LogP contribution in [0.2, 0.25) is 0 Å². The Hall–Kier alpha value is -1.59. The molecule has 0 saturated carbocycles. The van der Waals surface area contributed by atoms with E-state index in [1.807, 2.05) is 24.3 Å². The normalized spacial score (nSPS) is 25.5. The Labute approximate surface area is 113 Å². The molecule has 2 atom stereocenters. The molecule has 1 aromatic rings. The topological polar surface area (TPSA) is 82.1 Å². The maximum absolute atomic E-state index is 9.72. The van der Waals surface area contributed by atoms with Gasteiger partial charge in [0.25, 0.3) is 0 Å². The van der Waals surface area contributed by atoms with Gasteiger partial charge in [-0.05, 0) is 24.0 Å². The van der Waals surface area contributed by atoms with Crippen molar-refractivity contribution in [3.8, 4) is 0 Å². The lowest BCUT2D eigenvalue weighted by Crippen LogP contribution is -2.41. The highest BCUT2D eigenvalue weighted by Crippen LogP contribution is 2.19. The van der Waals surface area contributed by atoms with E-state index in [2.05, 4.69) is 17.0 Å². The molecule has 1 aromatic carbocycles. The van der Waals surface area contributed by atoms with Gasteiger partial charge >= 0.3 is 0 Å². The summed E-state index contributed by atoms with van der Waals surface area (Å²) in [7, 11) is 0. The van der Waals surface area contributed by atoms with Crippen LogP contribution >= 0.6 is 0 Å². The largest absolute Gasteiger partial charge is 0.409 e. The number of amidine groups is 1. The lowest BCUT2D eigenvalue weighted by atomic mass is 9.96. The second-order valence-corrected chi connectivity index (χ2v) is 5.25. The number of piperidine rings is 1. The fraction of sp³-hybridized carbons (Fsp3) is 0.500. The molecule has 19 heavy (non-hydrogen) atoms. The number of benzene rings is 1. The maximum Gasteiger partial charge on any atom is 0.170 e. The van der Waals surface area contributed by atoms with Crippen molar-refractivity contribution < 1.29 is 10.3 Å². The van der Waals surface area contributed by atoms with E-state index < -0.39 is 0 Å².